The van der Waals surface area contributed by atoms with Gasteiger partial charge in [-0.15, -0.1) is 11.3 Å². The van der Waals surface area contributed by atoms with Crippen molar-refractivity contribution in [3.05, 3.63) is 44.9 Å². The van der Waals surface area contributed by atoms with E-state index < -0.39 is 12.5 Å². The second-order valence-electron chi connectivity index (χ2n) is 5.38. The molecule has 0 aliphatic rings. The first-order valence-electron chi connectivity index (χ1n) is 7.75. The van der Waals surface area contributed by atoms with Crippen molar-refractivity contribution in [2.24, 2.45) is 0 Å². The number of hydrogen-bond acceptors (Lipinski definition) is 6. The summed E-state index contributed by atoms with van der Waals surface area (Å²) < 4.78 is 10.6. The maximum absolute atomic E-state index is 12.7. The molecule has 0 saturated carbocycles. The van der Waals surface area contributed by atoms with Gasteiger partial charge in [0.25, 0.3) is 5.91 Å². The molecule has 1 N–H and O–H groups in total. The Labute approximate surface area is 160 Å². The van der Waals surface area contributed by atoms with Crippen LogP contribution >= 0.6 is 22.9 Å². The van der Waals surface area contributed by atoms with Crippen LogP contribution in [-0.4, -0.2) is 53.7 Å². The van der Waals surface area contributed by atoms with Crippen molar-refractivity contribution in [1.29, 1.82) is 0 Å². The van der Waals surface area contributed by atoms with E-state index in [2.05, 4.69) is 4.98 Å². The molecule has 0 saturated heterocycles. The number of halogens is 1. The minimum Gasteiger partial charge on any atom is -0.486 e. The zero-order valence-corrected chi connectivity index (χ0v) is 16.0. The smallest absolute Gasteiger partial charge is 0.323 e. The number of ether oxygens (including phenoxy) is 2. The van der Waals surface area contributed by atoms with Crippen LogP contribution in [0.25, 0.3) is 0 Å². The lowest BCUT2D eigenvalue weighted by Gasteiger charge is -2.19. The third-order valence-electron chi connectivity index (χ3n) is 3.39. The molecule has 9 heteroatoms. The molecule has 0 radical (unpaired) electrons. The Kier molecular flexibility index (Phi) is 7.38. The summed E-state index contributed by atoms with van der Waals surface area (Å²) in [7, 11) is 1.49. The van der Waals surface area contributed by atoms with Crippen LogP contribution in [-0.2, 0) is 16.1 Å². The summed E-state index contributed by atoms with van der Waals surface area (Å²) in [5.74, 6) is -0.817. The van der Waals surface area contributed by atoms with Crippen molar-refractivity contribution in [3.8, 4) is 5.75 Å². The number of nitrogens with zero attached hydrogens (tertiary/aromatic N) is 2. The molecule has 0 fully saturated rings. The Morgan fingerprint density at radius 2 is 2.00 bits per heavy atom. The highest BCUT2D eigenvalue weighted by Gasteiger charge is 2.23. The van der Waals surface area contributed by atoms with Gasteiger partial charge < -0.3 is 19.5 Å². The molecule has 0 unspecified atom stereocenters. The number of benzene rings is 1. The maximum Gasteiger partial charge on any atom is 0.323 e. The highest BCUT2D eigenvalue weighted by Crippen LogP contribution is 2.22. The fourth-order valence-corrected chi connectivity index (χ4v) is 3.22. The van der Waals surface area contributed by atoms with Crippen molar-refractivity contribution in [2.45, 2.75) is 13.5 Å². The lowest BCUT2D eigenvalue weighted by Crippen LogP contribution is -2.37. The molecule has 2 rings (SSSR count). The highest BCUT2D eigenvalue weighted by molar-refractivity contribution is 7.13. The minimum absolute atomic E-state index is 0.190. The molecule has 140 valence electrons. The number of aromatic nitrogens is 1. The Morgan fingerprint density at radius 1 is 1.31 bits per heavy atom. The molecule has 1 aromatic carbocycles. The van der Waals surface area contributed by atoms with Crippen LogP contribution in [0.3, 0.4) is 0 Å². The zero-order chi connectivity index (χ0) is 19.1. The molecule has 26 heavy (non-hydrogen) atoms. The van der Waals surface area contributed by atoms with Crippen LogP contribution in [0.2, 0.25) is 5.02 Å². The molecular weight excluding hydrogens is 380 g/mol. The molecule has 0 spiro atoms. The standard InChI is InChI=1S/C17H19ClN2O5S/c1-11-16(17(23)20(7-8-24-2)9-15(21)22)26-14(19-11)10-25-13-5-3-12(18)4-6-13/h3-6H,7-10H2,1-2H3,(H,21,22). The van der Waals surface area contributed by atoms with Crippen LogP contribution in [0.1, 0.15) is 20.4 Å². The average molecular weight is 399 g/mol. The van der Waals surface area contributed by atoms with Crippen molar-refractivity contribution in [2.75, 3.05) is 26.8 Å². The van der Waals surface area contributed by atoms with Gasteiger partial charge in [0.1, 0.15) is 28.8 Å². The fourth-order valence-electron chi connectivity index (χ4n) is 2.15. The lowest BCUT2D eigenvalue weighted by atomic mass is 10.3. The number of rotatable bonds is 9. The molecule has 2 aromatic rings. The maximum atomic E-state index is 12.7. The largest absolute Gasteiger partial charge is 0.486 e. The zero-order valence-electron chi connectivity index (χ0n) is 14.4. The summed E-state index contributed by atoms with van der Waals surface area (Å²) in [4.78, 5) is 29.6. The summed E-state index contributed by atoms with van der Waals surface area (Å²) in [6.07, 6.45) is 0. The average Bonchev–Trinajstić information content (AvgIpc) is 2.98. The van der Waals surface area contributed by atoms with Gasteiger partial charge in [-0.25, -0.2) is 4.98 Å². The van der Waals surface area contributed by atoms with Gasteiger partial charge in [0.05, 0.1) is 12.3 Å². The van der Waals surface area contributed by atoms with E-state index in [0.29, 0.717) is 26.4 Å². The summed E-state index contributed by atoms with van der Waals surface area (Å²) in [5.41, 5.74) is 0.544. The fraction of sp³-hybridized carbons (Fsp3) is 0.353. The van der Waals surface area contributed by atoms with Crippen molar-refractivity contribution < 1.29 is 24.2 Å². The van der Waals surface area contributed by atoms with Gasteiger partial charge >= 0.3 is 5.97 Å². The summed E-state index contributed by atoms with van der Waals surface area (Å²) in [5, 5.41) is 10.3. The van der Waals surface area contributed by atoms with E-state index in [1.807, 2.05) is 0 Å². The number of carboxylic acids is 1. The van der Waals surface area contributed by atoms with E-state index in [-0.39, 0.29) is 25.7 Å². The number of methoxy groups -OCH3 is 1. The van der Waals surface area contributed by atoms with E-state index in [1.165, 1.54) is 23.3 Å². The summed E-state index contributed by atoms with van der Waals surface area (Å²) >= 11 is 7.02. The van der Waals surface area contributed by atoms with Gasteiger partial charge in [-0.3, -0.25) is 9.59 Å². The quantitative estimate of drug-likeness (QED) is 0.698. The van der Waals surface area contributed by atoms with Gasteiger partial charge in [-0.05, 0) is 31.2 Å². The molecule has 0 aliphatic carbocycles. The first kappa shape index (κ1) is 20.2. The number of hydrogen-bond donors (Lipinski definition) is 1. The first-order valence-corrected chi connectivity index (χ1v) is 8.95. The van der Waals surface area contributed by atoms with Gasteiger partial charge in [-0.2, -0.15) is 0 Å². The summed E-state index contributed by atoms with van der Waals surface area (Å²) in [6.45, 7) is 1.97. The summed E-state index contributed by atoms with van der Waals surface area (Å²) in [6, 6.07) is 6.93. The van der Waals surface area contributed by atoms with Gasteiger partial charge in [-0.1, -0.05) is 11.6 Å². The second-order valence-corrected chi connectivity index (χ2v) is 6.90. The molecule has 1 aromatic heterocycles. The monoisotopic (exact) mass is 398 g/mol. The van der Waals surface area contributed by atoms with Crippen LogP contribution in [0.4, 0.5) is 0 Å². The molecule has 0 bridgehead atoms. The van der Waals surface area contributed by atoms with Crippen molar-refractivity contribution >= 4 is 34.8 Å². The third-order valence-corrected chi connectivity index (χ3v) is 4.76. The van der Waals surface area contributed by atoms with E-state index in [1.54, 1.807) is 31.2 Å². The number of aryl methyl sites for hydroxylation is 1. The second kappa shape index (κ2) is 9.51. The Hall–Kier alpha value is -2.16. The molecular formula is C17H19ClN2O5S. The van der Waals surface area contributed by atoms with Gasteiger partial charge in [0, 0.05) is 18.7 Å². The number of carboxylic acid groups (broad SMARTS) is 1. The number of amides is 1. The van der Waals surface area contributed by atoms with Crippen LogP contribution in [0.5, 0.6) is 5.75 Å². The van der Waals surface area contributed by atoms with E-state index in [0.717, 1.165) is 0 Å². The van der Waals surface area contributed by atoms with Crippen LogP contribution in [0, 0.1) is 6.92 Å². The number of carbonyl (C=O) groups excluding carboxylic acids is 1. The topological polar surface area (TPSA) is 89.0 Å². The normalized spacial score (nSPS) is 10.6. The Balaban J connectivity index is 2.07. The molecule has 1 amide bonds. The van der Waals surface area contributed by atoms with E-state index >= 15 is 0 Å². The van der Waals surface area contributed by atoms with Crippen molar-refractivity contribution in [3.63, 3.8) is 0 Å². The van der Waals surface area contributed by atoms with E-state index in [4.69, 9.17) is 26.2 Å². The molecule has 0 atom stereocenters. The van der Waals surface area contributed by atoms with Gasteiger partial charge in [0.15, 0.2) is 0 Å². The first-order chi connectivity index (χ1) is 12.4. The van der Waals surface area contributed by atoms with E-state index in [9.17, 15) is 9.59 Å². The molecule has 1 heterocycles. The number of carbonyl (C=O) groups is 2. The van der Waals surface area contributed by atoms with Crippen LogP contribution < -0.4 is 4.74 Å². The predicted octanol–water partition coefficient (Wildman–Crippen LogP) is 2.86. The number of thiazole rings is 1. The number of aliphatic carboxylic acids is 1. The Bertz CT molecular complexity index is 763. The Morgan fingerprint density at radius 3 is 2.62 bits per heavy atom. The molecule has 7 nitrogen and oxygen atoms in total. The lowest BCUT2D eigenvalue weighted by molar-refractivity contribution is -0.137. The minimum atomic E-state index is -1.08. The van der Waals surface area contributed by atoms with Crippen molar-refractivity contribution in [1.82, 2.24) is 9.88 Å². The SMILES string of the molecule is COCCN(CC(=O)O)C(=O)c1sc(COc2ccc(Cl)cc2)nc1C. The highest BCUT2D eigenvalue weighted by atomic mass is 35.5. The third kappa shape index (κ3) is 5.69. The molecule has 0 aliphatic heterocycles. The van der Waals surface area contributed by atoms with Gasteiger partial charge in [0.2, 0.25) is 0 Å². The van der Waals surface area contributed by atoms with Crippen LogP contribution in [0.15, 0.2) is 24.3 Å². The predicted molar refractivity (Wildman–Crippen MR) is 98.1 cm³/mol.